The first-order chi connectivity index (χ1) is 11.1. The van der Waals surface area contributed by atoms with Crippen molar-refractivity contribution in [3.05, 3.63) is 0 Å². The molecule has 2 atom stereocenters. The van der Waals surface area contributed by atoms with Crippen molar-refractivity contribution in [3.63, 3.8) is 0 Å². The number of ether oxygens (including phenoxy) is 1. The number of fused-ring (bicyclic) bond motifs is 1. The van der Waals surface area contributed by atoms with Crippen molar-refractivity contribution in [2.75, 3.05) is 32.8 Å². The fourth-order valence-electron chi connectivity index (χ4n) is 4.42. The molecule has 2 saturated heterocycles. The molecule has 1 aliphatic carbocycles. The van der Waals surface area contributed by atoms with E-state index < -0.39 is 0 Å². The highest BCUT2D eigenvalue weighted by atomic mass is 16.5. The number of rotatable bonds is 4. The molecule has 3 fully saturated rings. The Labute approximate surface area is 140 Å². The number of amides is 1. The van der Waals surface area contributed by atoms with Crippen molar-refractivity contribution < 1.29 is 9.53 Å². The van der Waals surface area contributed by atoms with E-state index in [1.165, 1.54) is 12.8 Å². The first-order valence-corrected chi connectivity index (χ1v) is 9.53. The third-order valence-corrected chi connectivity index (χ3v) is 5.57. The summed E-state index contributed by atoms with van der Waals surface area (Å²) in [5.41, 5.74) is 0. The Balaban J connectivity index is 1.47. The molecule has 0 radical (unpaired) electrons. The first-order valence-electron chi connectivity index (χ1n) is 9.53. The summed E-state index contributed by atoms with van der Waals surface area (Å²) >= 11 is 0. The molecule has 23 heavy (non-hydrogen) atoms. The Bertz CT molecular complexity index is 392. The van der Waals surface area contributed by atoms with Gasteiger partial charge < -0.3 is 15.0 Å². The molecular weight excluding hydrogens is 290 g/mol. The molecule has 132 valence electrons. The summed E-state index contributed by atoms with van der Waals surface area (Å²) in [5.74, 6) is 0.320. The average molecular weight is 323 g/mol. The van der Waals surface area contributed by atoms with E-state index in [0.717, 1.165) is 45.3 Å². The van der Waals surface area contributed by atoms with Crippen LogP contribution < -0.4 is 5.32 Å². The summed E-state index contributed by atoms with van der Waals surface area (Å²) < 4.78 is 5.89. The average Bonchev–Trinajstić information content (AvgIpc) is 2.55. The van der Waals surface area contributed by atoms with Crippen molar-refractivity contribution in [1.82, 2.24) is 15.1 Å². The third kappa shape index (κ3) is 4.46. The van der Waals surface area contributed by atoms with Gasteiger partial charge in [-0.05, 0) is 25.7 Å². The standard InChI is InChI=1S/C18H33N3O2/c1-14(2)19-15-7-9-20(10-8-15)13-18(22)21-11-12-23-17-6-4-3-5-16(17)21/h14-17,19H,3-13H2,1-2H3/t16-,17-/m0/s1. The lowest BCUT2D eigenvalue weighted by Crippen LogP contribution is -2.57. The van der Waals surface area contributed by atoms with Gasteiger partial charge in [0.05, 0.1) is 25.3 Å². The van der Waals surface area contributed by atoms with Crippen LogP contribution in [0.5, 0.6) is 0 Å². The van der Waals surface area contributed by atoms with E-state index in [2.05, 4.69) is 29.0 Å². The quantitative estimate of drug-likeness (QED) is 0.854. The smallest absolute Gasteiger partial charge is 0.237 e. The maximum absolute atomic E-state index is 12.8. The van der Waals surface area contributed by atoms with Crippen LogP contribution >= 0.6 is 0 Å². The second-order valence-corrected chi connectivity index (χ2v) is 7.72. The van der Waals surface area contributed by atoms with E-state index in [1.54, 1.807) is 0 Å². The SMILES string of the molecule is CC(C)NC1CCN(CC(=O)N2CCO[C@H]3CCCC[C@@H]32)CC1. The van der Waals surface area contributed by atoms with E-state index in [4.69, 9.17) is 4.74 Å². The van der Waals surface area contributed by atoms with Crippen LogP contribution in [0, 0.1) is 0 Å². The van der Waals surface area contributed by atoms with Gasteiger partial charge in [0.25, 0.3) is 0 Å². The molecule has 3 rings (SSSR count). The van der Waals surface area contributed by atoms with Gasteiger partial charge in [0.2, 0.25) is 5.91 Å². The van der Waals surface area contributed by atoms with Crippen LogP contribution in [0.3, 0.4) is 0 Å². The van der Waals surface area contributed by atoms with Crippen molar-refractivity contribution in [1.29, 1.82) is 0 Å². The molecule has 0 aromatic heterocycles. The Morgan fingerprint density at radius 2 is 1.87 bits per heavy atom. The van der Waals surface area contributed by atoms with Crippen LogP contribution in [0.4, 0.5) is 0 Å². The Hall–Kier alpha value is -0.650. The summed E-state index contributed by atoms with van der Waals surface area (Å²) in [7, 11) is 0. The highest BCUT2D eigenvalue weighted by Gasteiger charge is 2.37. The van der Waals surface area contributed by atoms with Crippen LogP contribution in [-0.4, -0.2) is 72.7 Å². The second kappa shape index (κ2) is 7.95. The molecule has 0 spiro atoms. The fraction of sp³-hybridized carbons (Fsp3) is 0.944. The van der Waals surface area contributed by atoms with Gasteiger partial charge in [0.1, 0.15) is 0 Å². The lowest BCUT2D eigenvalue weighted by atomic mass is 9.90. The van der Waals surface area contributed by atoms with Gasteiger partial charge in [-0.25, -0.2) is 0 Å². The Kier molecular flexibility index (Phi) is 5.94. The van der Waals surface area contributed by atoms with Gasteiger partial charge in [-0.2, -0.15) is 0 Å². The number of nitrogens with one attached hydrogen (secondary N) is 1. The lowest BCUT2D eigenvalue weighted by Gasteiger charge is -2.44. The maximum Gasteiger partial charge on any atom is 0.237 e. The molecule has 0 aromatic carbocycles. The highest BCUT2D eigenvalue weighted by molar-refractivity contribution is 5.78. The predicted molar refractivity (Wildman–Crippen MR) is 91.4 cm³/mol. The molecule has 3 aliphatic rings. The summed E-state index contributed by atoms with van der Waals surface area (Å²) in [6, 6.07) is 1.50. The van der Waals surface area contributed by atoms with Crippen molar-refractivity contribution in [2.45, 2.75) is 76.6 Å². The van der Waals surface area contributed by atoms with E-state index in [1.807, 2.05) is 0 Å². The number of hydrogen-bond acceptors (Lipinski definition) is 4. The highest BCUT2D eigenvalue weighted by Crippen LogP contribution is 2.28. The summed E-state index contributed by atoms with van der Waals surface area (Å²) in [6.45, 7) is 8.57. The second-order valence-electron chi connectivity index (χ2n) is 7.72. The number of carbonyl (C=O) groups excluding carboxylic acids is 1. The molecule has 0 unspecified atom stereocenters. The number of piperidine rings is 1. The van der Waals surface area contributed by atoms with Crippen LogP contribution in [0.2, 0.25) is 0 Å². The van der Waals surface area contributed by atoms with Crippen molar-refractivity contribution in [2.24, 2.45) is 0 Å². The zero-order valence-corrected chi connectivity index (χ0v) is 14.8. The topological polar surface area (TPSA) is 44.8 Å². The van der Waals surface area contributed by atoms with Crippen LogP contribution in [-0.2, 0) is 9.53 Å². The number of nitrogens with zero attached hydrogens (tertiary/aromatic N) is 2. The molecule has 1 saturated carbocycles. The minimum Gasteiger partial charge on any atom is -0.374 e. The third-order valence-electron chi connectivity index (χ3n) is 5.57. The molecule has 2 aliphatic heterocycles. The fourth-order valence-corrected chi connectivity index (χ4v) is 4.42. The largest absolute Gasteiger partial charge is 0.374 e. The zero-order chi connectivity index (χ0) is 16.2. The van der Waals surface area contributed by atoms with Crippen LogP contribution in [0.1, 0.15) is 52.4 Å². The minimum atomic E-state index is 0.294. The first kappa shape index (κ1) is 17.2. The molecule has 5 nitrogen and oxygen atoms in total. The van der Waals surface area contributed by atoms with E-state index in [0.29, 0.717) is 43.3 Å². The molecule has 2 heterocycles. The molecule has 1 N–H and O–H groups in total. The number of carbonyl (C=O) groups is 1. The number of morpholine rings is 1. The van der Waals surface area contributed by atoms with Crippen molar-refractivity contribution in [3.8, 4) is 0 Å². The maximum atomic E-state index is 12.8. The van der Waals surface area contributed by atoms with Crippen LogP contribution in [0.25, 0.3) is 0 Å². The van der Waals surface area contributed by atoms with E-state index >= 15 is 0 Å². The lowest BCUT2D eigenvalue weighted by molar-refractivity contribution is -0.150. The normalized spacial score (nSPS) is 30.5. The van der Waals surface area contributed by atoms with Gasteiger partial charge in [0.15, 0.2) is 0 Å². The predicted octanol–water partition coefficient (Wildman–Crippen LogP) is 1.62. The number of likely N-dealkylation sites (tertiary alicyclic amines) is 1. The minimum absolute atomic E-state index is 0.294. The van der Waals surface area contributed by atoms with Gasteiger partial charge in [0, 0.05) is 31.7 Å². The Morgan fingerprint density at radius 1 is 1.13 bits per heavy atom. The van der Waals surface area contributed by atoms with Gasteiger partial charge >= 0.3 is 0 Å². The van der Waals surface area contributed by atoms with Crippen molar-refractivity contribution >= 4 is 5.91 Å². The monoisotopic (exact) mass is 323 g/mol. The number of hydrogen-bond donors (Lipinski definition) is 1. The molecular formula is C18H33N3O2. The summed E-state index contributed by atoms with van der Waals surface area (Å²) in [4.78, 5) is 17.3. The van der Waals surface area contributed by atoms with Gasteiger partial charge in [-0.15, -0.1) is 0 Å². The Morgan fingerprint density at radius 3 is 2.61 bits per heavy atom. The molecule has 0 aromatic rings. The molecule has 5 heteroatoms. The molecule has 1 amide bonds. The van der Waals surface area contributed by atoms with Gasteiger partial charge in [-0.1, -0.05) is 26.7 Å². The van der Waals surface area contributed by atoms with Gasteiger partial charge in [-0.3, -0.25) is 9.69 Å². The van der Waals surface area contributed by atoms with Crippen LogP contribution in [0.15, 0.2) is 0 Å². The molecule has 0 bridgehead atoms. The summed E-state index contributed by atoms with van der Waals surface area (Å²) in [5, 5.41) is 3.62. The van der Waals surface area contributed by atoms with E-state index in [9.17, 15) is 4.79 Å². The zero-order valence-electron chi connectivity index (χ0n) is 14.8. The summed E-state index contributed by atoms with van der Waals surface area (Å²) in [6.07, 6.45) is 7.33. The van der Waals surface area contributed by atoms with E-state index in [-0.39, 0.29) is 0 Å².